The number of nitrogens with zero attached hydrogens (tertiary/aromatic N) is 1. The standard InChI is InChI=1S/C11H17N3O3S/c1-3-7(2)9(10(15)16)14-11(17)13-5-8-4-12-6-18-8/h4,6-7,9H,3,5H2,1-2H3,(H,15,16)(H2,13,14,17)/t7?,9-/m0/s1. The minimum atomic E-state index is -1.02. The van der Waals surface area contributed by atoms with Crippen molar-refractivity contribution in [3.8, 4) is 0 Å². The van der Waals surface area contributed by atoms with E-state index in [4.69, 9.17) is 5.11 Å². The lowest BCUT2D eigenvalue weighted by molar-refractivity contribution is -0.140. The molecule has 0 spiro atoms. The average molecular weight is 271 g/mol. The Morgan fingerprint density at radius 2 is 2.28 bits per heavy atom. The number of hydrogen-bond acceptors (Lipinski definition) is 4. The van der Waals surface area contributed by atoms with E-state index in [2.05, 4.69) is 15.6 Å². The van der Waals surface area contributed by atoms with Gasteiger partial charge in [-0.05, 0) is 5.92 Å². The van der Waals surface area contributed by atoms with Crippen molar-refractivity contribution < 1.29 is 14.7 Å². The van der Waals surface area contributed by atoms with Crippen LogP contribution in [0.5, 0.6) is 0 Å². The van der Waals surface area contributed by atoms with Gasteiger partial charge in [0.25, 0.3) is 0 Å². The van der Waals surface area contributed by atoms with Crippen molar-refractivity contribution in [3.05, 3.63) is 16.6 Å². The van der Waals surface area contributed by atoms with E-state index in [1.165, 1.54) is 11.3 Å². The molecule has 0 aromatic carbocycles. The Labute approximate surface area is 109 Å². The third-order valence-electron chi connectivity index (χ3n) is 2.67. The number of amides is 2. The quantitative estimate of drug-likeness (QED) is 0.730. The van der Waals surface area contributed by atoms with Crippen molar-refractivity contribution >= 4 is 23.3 Å². The molecule has 18 heavy (non-hydrogen) atoms. The van der Waals surface area contributed by atoms with E-state index >= 15 is 0 Å². The van der Waals surface area contributed by atoms with Gasteiger partial charge in [-0.2, -0.15) is 0 Å². The summed E-state index contributed by atoms with van der Waals surface area (Å²) in [6.07, 6.45) is 2.35. The predicted molar refractivity (Wildman–Crippen MR) is 68.4 cm³/mol. The lowest BCUT2D eigenvalue weighted by atomic mass is 9.99. The number of carbonyl (C=O) groups excluding carboxylic acids is 1. The minimum Gasteiger partial charge on any atom is -0.480 e. The number of urea groups is 1. The summed E-state index contributed by atoms with van der Waals surface area (Å²) in [5.74, 6) is -1.13. The van der Waals surface area contributed by atoms with Gasteiger partial charge in [0.1, 0.15) is 6.04 Å². The molecule has 0 radical (unpaired) electrons. The molecule has 0 saturated heterocycles. The van der Waals surface area contributed by atoms with Crippen molar-refractivity contribution in [1.29, 1.82) is 0 Å². The van der Waals surface area contributed by atoms with Crippen LogP contribution in [0.15, 0.2) is 11.7 Å². The summed E-state index contributed by atoms with van der Waals surface area (Å²) < 4.78 is 0. The Kier molecular flexibility index (Phi) is 5.57. The maximum Gasteiger partial charge on any atom is 0.326 e. The largest absolute Gasteiger partial charge is 0.480 e. The van der Waals surface area contributed by atoms with E-state index < -0.39 is 18.0 Å². The molecule has 1 heterocycles. The first-order chi connectivity index (χ1) is 8.54. The number of aliphatic carboxylic acids is 1. The zero-order valence-corrected chi connectivity index (χ0v) is 11.2. The number of nitrogens with one attached hydrogen (secondary N) is 2. The van der Waals surface area contributed by atoms with Crippen molar-refractivity contribution in [3.63, 3.8) is 0 Å². The molecule has 0 bridgehead atoms. The summed E-state index contributed by atoms with van der Waals surface area (Å²) in [4.78, 5) is 27.4. The van der Waals surface area contributed by atoms with E-state index in [0.29, 0.717) is 13.0 Å². The number of thiazole rings is 1. The maximum absolute atomic E-state index is 11.6. The van der Waals surface area contributed by atoms with Crippen molar-refractivity contribution in [1.82, 2.24) is 15.6 Å². The van der Waals surface area contributed by atoms with Crippen molar-refractivity contribution in [2.45, 2.75) is 32.9 Å². The van der Waals surface area contributed by atoms with Gasteiger partial charge in [-0.25, -0.2) is 9.59 Å². The molecule has 0 aliphatic carbocycles. The van der Waals surface area contributed by atoms with E-state index in [0.717, 1.165) is 4.88 Å². The first-order valence-electron chi connectivity index (χ1n) is 5.69. The van der Waals surface area contributed by atoms with Gasteiger partial charge in [0, 0.05) is 11.1 Å². The van der Waals surface area contributed by atoms with Gasteiger partial charge < -0.3 is 15.7 Å². The molecule has 6 nitrogen and oxygen atoms in total. The summed E-state index contributed by atoms with van der Waals surface area (Å²) in [6.45, 7) is 4.03. The number of carboxylic acid groups (broad SMARTS) is 1. The monoisotopic (exact) mass is 271 g/mol. The van der Waals surface area contributed by atoms with Crippen molar-refractivity contribution in [2.24, 2.45) is 5.92 Å². The van der Waals surface area contributed by atoms with E-state index in [9.17, 15) is 9.59 Å². The highest BCUT2D eigenvalue weighted by molar-refractivity contribution is 7.09. The molecule has 0 saturated carbocycles. The van der Waals surface area contributed by atoms with E-state index in [1.807, 2.05) is 6.92 Å². The number of aromatic nitrogens is 1. The molecule has 1 aromatic heterocycles. The summed E-state index contributed by atoms with van der Waals surface area (Å²) in [5, 5.41) is 14.1. The van der Waals surface area contributed by atoms with E-state index in [-0.39, 0.29) is 5.92 Å². The first kappa shape index (κ1) is 14.4. The first-order valence-corrected chi connectivity index (χ1v) is 6.57. The van der Waals surface area contributed by atoms with Crippen LogP contribution in [-0.2, 0) is 11.3 Å². The molecule has 2 atom stereocenters. The number of carboxylic acids is 1. The summed E-state index contributed by atoms with van der Waals surface area (Å²) in [7, 11) is 0. The fraction of sp³-hybridized carbons (Fsp3) is 0.545. The molecule has 2 amide bonds. The lowest BCUT2D eigenvalue weighted by Gasteiger charge is -2.20. The van der Waals surface area contributed by atoms with Gasteiger partial charge in [0.2, 0.25) is 0 Å². The Morgan fingerprint density at radius 3 is 2.78 bits per heavy atom. The molecule has 0 fully saturated rings. The van der Waals surface area contributed by atoms with Gasteiger partial charge in [-0.3, -0.25) is 4.98 Å². The zero-order chi connectivity index (χ0) is 13.5. The Bertz CT molecular complexity index is 394. The molecule has 100 valence electrons. The molecular formula is C11H17N3O3S. The lowest BCUT2D eigenvalue weighted by Crippen LogP contribution is -2.48. The Balaban J connectivity index is 2.44. The summed E-state index contributed by atoms with van der Waals surface area (Å²) in [5.41, 5.74) is 1.67. The third kappa shape index (κ3) is 4.33. The fourth-order valence-electron chi connectivity index (χ4n) is 1.37. The molecular weight excluding hydrogens is 254 g/mol. The van der Waals surface area contributed by atoms with E-state index in [1.54, 1.807) is 18.6 Å². The van der Waals surface area contributed by atoms with Crippen LogP contribution in [0.4, 0.5) is 4.79 Å². The number of rotatable bonds is 6. The predicted octanol–water partition coefficient (Wildman–Crippen LogP) is 1.44. The van der Waals surface area contributed by atoms with Gasteiger partial charge in [-0.1, -0.05) is 20.3 Å². The minimum absolute atomic E-state index is 0.114. The van der Waals surface area contributed by atoms with Crippen LogP contribution in [-0.4, -0.2) is 28.1 Å². The SMILES string of the molecule is CCC(C)[C@H](NC(=O)NCc1cncs1)C(=O)O. The number of carbonyl (C=O) groups is 2. The van der Waals surface area contributed by atoms with Gasteiger partial charge in [0.05, 0.1) is 12.1 Å². The van der Waals surface area contributed by atoms with Crippen molar-refractivity contribution in [2.75, 3.05) is 0 Å². The number of hydrogen-bond donors (Lipinski definition) is 3. The van der Waals surface area contributed by atoms with Crippen LogP contribution in [0.3, 0.4) is 0 Å². The van der Waals surface area contributed by atoms with Crippen LogP contribution in [0.2, 0.25) is 0 Å². The Morgan fingerprint density at radius 1 is 1.56 bits per heavy atom. The fourth-order valence-corrected chi connectivity index (χ4v) is 1.91. The molecule has 3 N–H and O–H groups in total. The van der Waals surface area contributed by atoms with Crippen LogP contribution in [0.25, 0.3) is 0 Å². The topological polar surface area (TPSA) is 91.3 Å². The Hall–Kier alpha value is -1.63. The molecule has 0 aliphatic heterocycles. The second-order valence-corrected chi connectivity index (χ2v) is 4.97. The van der Waals surface area contributed by atoms with Gasteiger partial charge in [-0.15, -0.1) is 11.3 Å². The highest BCUT2D eigenvalue weighted by Crippen LogP contribution is 2.08. The zero-order valence-electron chi connectivity index (χ0n) is 10.3. The summed E-state index contributed by atoms with van der Waals surface area (Å²) >= 11 is 1.43. The van der Waals surface area contributed by atoms with Crippen LogP contribution >= 0.6 is 11.3 Å². The average Bonchev–Trinajstić information content (AvgIpc) is 2.85. The second kappa shape index (κ2) is 6.95. The van der Waals surface area contributed by atoms with Gasteiger partial charge in [0.15, 0.2) is 0 Å². The molecule has 1 unspecified atom stereocenters. The smallest absolute Gasteiger partial charge is 0.326 e. The molecule has 1 aromatic rings. The molecule has 0 aliphatic rings. The highest BCUT2D eigenvalue weighted by Gasteiger charge is 2.25. The molecule has 1 rings (SSSR count). The molecule has 7 heteroatoms. The third-order valence-corrected chi connectivity index (χ3v) is 3.45. The second-order valence-electron chi connectivity index (χ2n) is 4.00. The highest BCUT2D eigenvalue weighted by atomic mass is 32.1. The van der Waals surface area contributed by atoms with Crippen LogP contribution in [0, 0.1) is 5.92 Å². The maximum atomic E-state index is 11.6. The van der Waals surface area contributed by atoms with Crippen LogP contribution in [0.1, 0.15) is 25.1 Å². The van der Waals surface area contributed by atoms with Gasteiger partial charge >= 0.3 is 12.0 Å². The normalized spacial score (nSPS) is 13.7. The van der Waals surface area contributed by atoms with Crippen LogP contribution < -0.4 is 10.6 Å². The summed E-state index contributed by atoms with van der Waals surface area (Å²) in [6, 6.07) is -1.34.